The molecule has 466 valence electrons. The number of benzene rings is 4. The molecule has 0 spiro atoms. The molecule has 4 aromatic carbocycles. The molecule has 1 fully saturated rings. The first-order valence-electron chi connectivity index (χ1n) is 28.0. The first-order valence-corrected chi connectivity index (χ1v) is 33.6. The second kappa shape index (κ2) is 31.3. The van der Waals surface area contributed by atoms with Crippen LogP contribution in [0, 0.1) is 12.3 Å². The van der Waals surface area contributed by atoms with E-state index in [2.05, 4.69) is 22.5 Å². The number of nitrogens with zero attached hydrogens (tertiary/aromatic N) is 3. The molecule has 1 aromatic heterocycles. The van der Waals surface area contributed by atoms with Crippen molar-refractivity contribution in [2.75, 3.05) is 66.0 Å². The Bertz CT molecular complexity index is 3280. The van der Waals surface area contributed by atoms with Gasteiger partial charge in [0.25, 0.3) is 0 Å². The van der Waals surface area contributed by atoms with Crippen LogP contribution in [0.3, 0.4) is 0 Å². The van der Waals surface area contributed by atoms with Gasteiger partial charge in [-0.25, -0.2) is 22.8 Å². The van der Waals surface area contributed by atoms with Crippen molar-refractivity contribution >= 4 is 79.8 Å². The number of nitrogens with one attached hydrogen (secondary N) is 2. The smallest absolute Gasteiger partial charge is 0.492 e. The third-order valence-corrected chi connectivity index (χ3v) is 18.1. The van der Waals surface area contributed by atoms with Crippen LogP contribution in [0.5, 0.6) is 11.5 Å². The second-order valence-electron chi connectivity index (χ2n) is 22.2. The SMILES string of the molecule is CC/C(=C(/c1ccc(OCCN(C)C(=O)CCOCCOCCC(=O)NC(C(=O)N2C[C@H](OC(=O)OCC(C)(C)SS(C)(=O)=O)C[C@H]2C(=O)NCc2ccc(-c3scnc3C)cc2)C(C)(C)C)cc1)c1ccc(OP(=O)(O)O)cc1)c1ccccc1. The molecule has 1 aliphatic rings. The third-order valence-electron chi connectivity index (χ3n) is 13.6. The number of phosphoric acid groups is 1. The molecule has 1 unspecified atom stereocenters. The highest BCUT2D eigenvalue weighted by Crippen LogP contribution is 2.40. The molecule has 0 bridgehead atoms. The van der Waals surface area contributed by atoms with Gasteiger partial charge in [-0.1, -0.05) is 107 Å². The Morgan fingerprint density at radius 2 is 1.45 bits per heavy atom. The normalized spacial score (nSPS) is 15.3. The Balaban J connectivity index is 0.942. The summed E-state index contributed by atoms with van der Waals surface area (Å²) < 4.78 is 67.3. The van der Waals surface area contributed by atoms with E-state index in [0.717, 1.165) is 55.8 Å². The van der Waals surface area contributed by atoms with Gasteiger partial charge in [-0.2, -0.15) is 0 Å². The zero-order valence-corrected chi connectivity index (χ0v) is 53.3. The fourth-order valence-electron chi connectivity index (χ4n) is 9.40. The average Bonchev–Trinajstić information content (AvgIpc) is 1.82. The predicted molar refractivity (Wildman–Crippen MR) is 331 cm³/mol. The average molecular weight is 1260 g/mol. The molecule has 21 nitrogen and oxygen atoms in total. The number of likely N-dealkylation sites (tertiary alicyclic amines) is 1. The van der Waals surface area contributed by atoms with Crippen LogP contribution in [0.2, 0.25) is 0 Å². The van der Waals surface area contributed by atoms with Crippen molar-refractivity contribution in [3.63, 3.8) is 0 Å². The summed E-state index contributed by atoms with van der Waals surface area (Å²) in [6.07, 6.45) is -0.366. The summed E-state index contributed by atoms with van der Waals surface area (Å²) in [6, 6.07) is 29.6. The van der Waals surface area contributed by atoms with E-state index in [4.69, 9.17) is 28.2 Å². The van der Waals surface area contributed by atoms with E-state index < -0.39 is 68.9 Å². The zero-order valence-electron chi connectivity index (χ0n) is 49.9. The standard InChI is InChI=1S/C61H78N5O16PS3/c1-10-50(43-14-12-11-13-15-43)54(45-22-26-48(27-23-45)82-83(72,73)74)44-20-24-47(25-21-44)79-33-30-65(8)53(68)29-32-78-35-34-77-31-28-52(67)64-56(60(3,4)5)58(70)66-38-49(81-59(71)80-39-61(6,7)85-86(9,75)76)36-51(66)57(69)62-37-42-16-18-46(19-17-42)55-41(2)63-40-84-55/h11-27,40,49,51,56H,10,28-39H2,1-9H3,(H,62,69)(H,64,67)(H2,72,73,74)/b54-50+/t49-,51+,56?/m1/s1. The predicted octanol–water partition coefficient (Wildman–Crippen LogP) is 9.05. The number of amides is 4. The van der Waals surface area contributed by atoms with Gasteiger partial charge in [-0.05, 0) is 107 Å². The van der Waals surface area contributed by atoms with Gasteiger partial charge in [0, 0.05) is 32.7 Å². The largest absolute Gasteiger partial charge is 0.524 e. The Hall–Kier alpha value is -6.63. The van der Waals surface area contributed by atoms with Gasteiger partial charge >= 0.3 is 14.0 Å². The van der Waals surface area contributed by atoms with Gasteiger partial charge in [0.05, 0.1) is 66.8 Å². The van der Waals surface area contributed by atoms with Crippen LogP contribution in [-0.2, 0) is 58.1 Å². The maximum absolute atomic E-state index is 14.5. The van der Waals surface area contributed by atoms with Crippen molar-refractivity contribution in [1.29, 1.82) is 0 Å². The van der Waals surface area contributed by atoms with E-state index in [-0.39, 0.29) is 83.6 Å². The number of carbonyl (C=O) groups excluding carboxylic acids is 5. The van der Waals surface area contributed by atoms with Crippen molar-refractivity contribution < 1.29 is 75.0 Å². The Kier molecular flexibility index (Phi) is 24.9. The highest BCUT2D eigenvalue weighted by atomic mass is 33.1. The Morgan fingerprint density at radius 3 is 2.02 bits per heavy atom. The number of hydrogen-bond donors (Lipinski definition) is 4. The van der Waals surface area contributed by atoms with Gasteiger partial charge in [0.1, 0.15) is 42.9 Å². The molecular formula is C61H78N5O16PS3. The molecule has 25 heteroatoms. The highest BCUT2D eigenvalue weighted by molar-refractivity contribution is 8.72. The summed E-state index contributed by atoms with van der Waals surface area (Å²) >= 11 is 1.53. The minimum Gasteiger partial charge on any atom is -0.492 e. The minimum atomic E-state index is -4.72. The number of rotatable bonds is 30. The van der Waals surface area contributed by atoms with E-state index in [9.17, 15) is 46.7 Å². The molecule has 1 aliphatic heterocycles. The van der Waals surface area contributed by atoms with Crippen LogP contribution in [0.15, 0.2) is 109 Å². The van der Waals surface area contributed by atoms with E-state index in [1.165, 1.54) is 28.4 Å². The van der Waals surface area contributed by atoms with Crippen LogP contribution in [-0.4, -0.2) is 152 Å². The lowest BCUT2D eigenvalue weighted by molar-refractivity contribution is -0.144. The maximum atomic E-state index is 14.5. The first-order chi connectivity index (χ1) is 40.6. The molecule has 5 aromatic rings. The van der Waals surface area contributed by atoms with Gasteiger partial charge in [-0.15, -0.1) is 11.3 Å². The molecule has 4 N–H and O–H groups in total. The number of thiazole rings is 1. The lowest BCUT2D eigenvalue weighted by Gasteiger charge is -2.35. The number of ether oxygens (including phenoxy) is 5. The topological polar surface area (TPSA) is 276 Å². The lowest BCUT2D eigenvalue weighted by Crippen LogP contribution is -2.57. The molecule has 3 atom stereocenters. The monoisotopic (exact) mass is 1260 g/mol. The van der Waals surface area contributed by atoms with Crippen molar-refractivity contribution in [3.05, 3.63) is 137 Å². The molecule has 6 rings (SSSR count). The number of allylic oxidation sites excluding steroid dienone is 1. The van der Waals surface area contributed by atoms with Gasteiger partial charge < -0.3 is 48.6 Å². The summed E-state index contributed by atoms with van der Waals surface area (Å²) in [4.78, 5) is 94.7. The van der Waals surface area contributed by atoms with E-state index >= 15 is 0 Å². The molecule has 4 amide bonds. The van der Waals surface area contributed by atoms with Crippen molar-refractivity contribution in [1.82, 2.24) is 25.4 Å². The van der Waals surface area contributed by atoms with E-state index in [1.807, 2.05) is 85.8 Å². The number of carbonyl (C=O) groups is 5. The minimum absolute atomic E-state index is 0.000607. The summed E-state index contributed by atoms with van der Waals surface area (Å²) in [5, 5.41) is 5.75. The number of aryl methyl sites for hydroxylation is 1. The maximum Gasteiger partial charge on any atom is 0.524 e. The molecule has 2 heterocycles. The summed E-state index contributed by atoms with van der Waals surface area (Å²) in [5.74, 6) is -1.05. The van der Waals surface area contributed by atoms with Crippen LogP contribution in [0.1, 0.15) is 95.2 Å². The number of phosphoric ester groups is 1. The fourth-order valence-corrected chi connectivity index (χ4v) is 14.1. The molecule has 0 aliphatic carbocycles. The van der Waals surface area contributed by atoms with Crippen LogP contribution >= 0.6 is 30.0 Å². The third kappa shape index (κ3) is 21.7. The van der Waals surface area contributed by atoms with E-state index in [1.54, 1.807) is 64.2 Å². The van der Waals surface area contributed by atoms with Crippen LogP contribution < -0.4 is 19.9 Å². The number of aromatic nitrogens is 1. The van der Waals surface area contributed by atoms with Gasteiger partial charge in [0.2, 0.25) is 23.6 Å². The molecule has 0 radical (unpaired) electrons. The first kappa shape index (κ1) is 68.5. The lowest BCUT2D eigenvalue weighted by atomic mass is 9.85. The van der Waals surface area contributed by atoms with Gasteiger partial charge in [0.15, 0.2) is 8.87 Å². The van der Waals surface area contributed by atoms with Crippen LogP contribution in [0.25, 0.3) is 21.6 Å². The quantitative estimate of drug-likeness (QED) is 0.0110. The fraction of sp³-hybridized carbons (Fsp3) is 0.443. The van der Waals surface area contributed by atoms with Gasteiger partial charge in [-0.3, -0.25) is 29.0 Å². The number of likely N-dealkylation sites (N-methyl/N-ethyl adjacent to an activating group) is 1. The summed E-state index contributed by atoms with van der Waals surface area (Å²) in [7, 11) is -5.87. The molecule has 0 saturated carbocycles. The Morgan fingerprint density at radius 1 is 0.837 bits per heavy atom. The van der Waals surface area contributed by atoms with E-state index in [0.29, 0.717) is 29.5 Å². The molecule has 1 saturated heterocycles. The van der Waals surface area contributed by atoms with Crippen LogP contribution in [0.4, 0.5) is 4.79 Å². The Labute approximate surface area is 511 Å². The summed E-state index contributed by atoms with van der Waals surface area (Å²) in [5.41, 5.74) is 8.40. The number of hydrogen-bond acceptors (Lipinski definition) is 17. The zero-order chi connectivity index (χ0) is 62.8. The highest BCUT2D eigenvalue weighted by Gasteiger charge is 2.46. The summed E-state index contributed by atoms with van der Waals surface area (Å²) in [6.45, 7) is 13.2. The van der Waals surface area contributed by atoms with Crippen molar-refractivity contribution in [3.8, 4) is 21.9 Å². The van der Waals surface area contributed by atoms with Crippen molar-refractivity contribution in [2.24, 2.45) is 5.41 Å². The second-order valence-corrected chi connectivity index (χ2v) is 29.2. The van der Waals surface area contributed by atoms with Crippen molar-refractivity contribution in [2.45, 2.75) is 104 Å². The molecular weight excluding hydrogens is 1190 g/mol. The molecule has 86 heavy (non-hydrogen) atoms.